The molecule has 1 fully saturated rings. The lowest BCUT2D eigenvalue weighted by Crippen LogP contribution is -2.39. The van der Waals surface area contributed by atoms with Gasteiger partial charge in [0.15, 0.2) is 0 Å². The lowest BCUT2D eigenvalue weighted by Gasteiger charge is -2.36. The molecule has 0 unspecified atom stereocenters. The van der Waals surface area contributed by atoms with Crippen LogP contribution in [0.3, 0.4) is 0 Å². The van der Waals surface area contributed by atoms with Crippen molar-refractivity contribution in [2.24, 2.45) is 0 Å². The third kappa shape index (κ3) is 2.71. The lowest BCUT2D eigenvalue weighted by molar-refractivity contribution is 0.0600. The number of fused-ring (bicyclic) bond motifs is 1. The summed E-state index contributed by atoms with van der Waals surface area (Å²) in [5, 5.41) is 4.27. The molecule has 0 aliphatic carbocycles. The molecule has 1 amide bonds. The van der Waals surface area contributed by atoms with Crippen LogP contribution >= 0.6 is 0 Å². The van der Waals surface area contributed by atoms with Crippen molar-refractivity contribution in [3.8, 4) is 5.75 Å². The van der Waals surface area contributed by atoms with Crippen molar-refractivity contribution in [3.63, 3.8) is 0 Å². The van der Waals surface area contributed by atoms with Gasteiger partial charge in [-0.3, -0.25) is 4.79 Å². The smallest absolute Gasteiger partial charge is 0.258 e. The summed E-state index contributed by atoms with van der Waals surface area (Å²) in [6, 6.07) is 9.21. The van der Waals surface area contributed by atoms with Crippen LogP contribution in [0.5, 0.6) is 5.75 Å². The molecule has 1 aromatic carbocycles. The number of benzene rings is 1. The highest BCUT2D eigenvalue weighted by Crippen LogP contribution is 2.33. The summed E-state index contributed by atoms with van der Waals surface area (Å²) in [6.45, 7) is 0.708. The number of carbonyl (C=O) groups excluding carboxylic acids is 1. The quantitative estimate of drug-likeness (QED) is 0.734. The first-order valence-electron chi connectivity index (χ1n) is 8.38. The number of nitrogens with zero attached hydrogens (tertiary/aromatic N) is 5. The molecule has 128 valence electrons. The number of amides is 1. The van der Waals surface area contributed by atoms with Gasteiger partial charge in [-0.1, -0.05) is 12.1 Å². The fourth-order valence-electron chi connectivity index (χ4n) is 3.47. The average Bonchev–Trinajstić information content (AvgIpc) is 3.16. The third-order valence-corrected chi connectivity index (χ3v) is 4.65. The number of rotatable bonds is 3. The van der Waals surface area contributed by atoms with Gasteiger partial charge in [-0.05, 0) is 37.5 Å². The first-order valence-corrected chi connectivity index (χ1v) is 8.38. The van der Waals surface area contributed by atoms with Gasteiger partial charge in [-0.25, -0.2) is 4.98 Å². The number of piperidine rings is 1. The normalized spacial score (nSPS) is 17.6. The Labute approximate surface area is 145 Å². The minimum atomic E-state index is -0.0571. The van der Waals surface area contributed by atoms with Crippen molar-refractivity contribution < 1.29 is 9.53 Å². The Morgan fingerprint density at radius 3 is 2.96 bits per heavy atom. The van der Waals surface area contributed by atoms with E-state index in [9.17, 15) is 4.79 Å². The van der Waals surface area contributed by atoms with E-state index in [1.54, 1.807) is 17.8 Å². The zero-order valence-corrected chi connectivity index (χ0v) is 14.0. The summed E-state index contributed by atoms with van der Waals surface area (Å²) < 4.78 is 7.09. The predicted molar refractivity (Wildman–Crippen MR) is 91.4 cm³/mol. The van der Waals surface area contributed by atoms with Crippen LogP contribution in [0.1, 0.15) is 41.4 Å². The number of para-hydroxylation sites is 1. The average molecular weight is 337 g/mol. The molecule has 1 saturated heterocycles. The Morgan fingerprint density at radius 1 is 1.20 bits per heavy atom. The highest BCUT2D eigenvalue weighted by atomic mass is 16.5. The second-order valence-electron chi connectivity index (χ2n) is 6.05. The van der Waals surface area contributed by atoms with E-state index in [1.165, 1.54) is 6.33 Å². The van der Waals surface area contributed by atoms with Crippen LogP contribution in [-0.4, -0.2) is 44.0 Å². The van der Waals surface area contributed by atoms with Crippen LogP contribution in [0.4, 0.5) is 0 Å². The number of hydrogen-bond acceptors (Lipinski definition) is 5. The molecule has 25 heavy (non-hydrogen) atoms. The lowest BCUT2D eigenvalue weighted by atomic mass is 9.97. The van der Waals surface area contributed by atoms with Gasteiger partial charge in [0.1, 0.15) is 12.1 Å². The van der Waals surface area contributed by atoms with E-state index in [1.807, 2.05) is 35.2 Å². The number of hydrogen-bond donors (Lipinski definition) is 0. The van der Waals surface area contributed by atoms with E-state index in [-0.39, 0.29) is 11.9 Å². The van der Waals surface area contributed by atoms with E-state index < -0.39 is 0 Å². The van der Waals surface area contributed by atoms with Crippen LogP contribution < -0.4 is 4.74 Å². The monoisotopic (exact) mass is 337 g/mol. The van der Waals surface area contributed by atoms with Crippen molar-refractivity contribution in [2.45, 2.75) is 25.3 Å². The number of aromatic nitrogens is 4. The van der Waals surface area contributed by atoms with Crippen LogP contribution in [0, 0.1) is 0 Å². The molecule has 4 rings (SSSR count). The van der Waals surface area contributed by atoms with Gasteiger partial charge in [0, 0.05) is 12.7 Å². The van der Waals surface area contributed by atoms with E-state index >= 15 is 0 Å². The fourth-order valence-corrected chi connectivity index (χ4v) is 3.47. The molecule has 3 aromatic rings. The summed E-state index contributed by atoms with van der Waals surface area (Å²) in [5.41, 5.74) is 1.52. The molecule has 0 spiro atoms. The zero-order chi connectivity index (χ0) is 17.2. The van der Waals surface area contributed by atoms with E-state index in [0.717, 1.165) is 25.0 Å². The maximum Gasteiger partial charge on any atom is 0.258 e. The van der Waals surface area contributed by atoms with Gasteiger partial charge < -0.3 is 9.64 Å². The number of carbonyl (C=O) groups is 1. The van der Waals surface area contributed by atoms with E-state index in [0.29, 0.717) is 23.6 Å². The summed E-state index contributed by atoms with van der Waals surface area (Å²) in [7, 11) is 1.58. The molecular formula is C18H19N5O2. The number of methoxy groups -OCH3 is 1. The molecule has 1 atom stereocenters. The molecule has 1 aliphatic rings. The minimum absolute atomic E-state index is 0.0211. The van der Waals surface area contributed by atoms with Crippen molar-refractivity contribution in [3.05, 3.63) is 54.1 Å². The van der Waals surface area contributed by atoms with Crippen LogP contribution in [0.25, 0.3) is 5.78 Å². The van der Waals surface area contributed by atoms with Gasteiger partial charge in [0.25, 0.3) is 11.7 Å². The first kappa shape index (κ1) is 15.6. The summed E-state index contributed by atoms with van der Waals surface area (Å²) in [6.07, 6.45) is 6.16. The molecule has 3 heterocycles. The van der Waals surface area contributed by atoms with Crippen LogP contribution in [-0.2, 0) is 0 Å². The summed E-state index contributed by atoms with van der Waals surface area (Å²) in [4.78, 5) is 23.5. The van der Waals surface area contributed by atoms with E-state index in [2.05, 4.69) is 15.1 Å². The largest absolute Gasteiger partial charge is 0.496 e. The molecule has 0 radical (unpaired) electrons. The summed E-state index contributed by atoms with van der Waals surface area (Å²) in [5.74, 6) is 1.12. The van der Waals surface area contributed by atoms with Crippen LogP contribution in [0.15, 0.2) is 42.9 Å². The minimum Gasteiger partial charge on any atom is -0.496 e. The Kier molecular flexibility index (Phi) is 4.05. The van der Waals surface area contributed by atoms with Gasteiger partial charge in [0.05, 0.1) is 24.4 Å². The van der Waals surface area contributed by atoms with E-state index in [4.69, 9.17) is 4.74 Å². The second-order valence-corrected chi connectivity index (χ2v) is 6.05. The highest BCUT2D eigenvalue weighted by molar-refractivity contribution is 5.97. The summed E-state index contributed by atoms with van der Waals surface area (Å²) >= 11 is 0. The van der Waals surface area contributed by atoms with Crippen molar-refractivity contribution >= 4 is 11.7 Å². The number of likely N-dealkylation sites (tertiary alicyclic amines) is 1. The Hall–Kier alpha value is -2.96. The highest BCUT2D eigenvalue weighted by Gasteiger charge is 2.31. The fraction of sp³-hybridized carbons (Fsp3) is 0.333. The topological polar surface area (TPSA) is 72.6 Å². The SMILES string of the molecule is COc1ccccc1C(=O)N1CCCC[C@H]1c1ccnc2ncnn12. The van der Waals surface area contributed by atoms with Crippen molar-refractivity contribution in [1.29, 1.82) is 0 Å². The molecule has 2 aromatic heterocycles. The Balaban J connectivity index is 1.74. The van der Waals surface area contributed by atoms with Gasteiger partial charge in [-0.15, -0.1) is 0 Å². The molecule has 7 nitrogen and oxygen atoms in total. The zero-order valence-electron chi connectivity index (χ0n) is 14.0. The van der Waals surface area contributed by atoms with Crippen LogP contribution in [0.2, 0.25) is 0 Å². The molecule has 1 aliphatic heterocycles. The maximum absolute atomic E-state index is 13.2. The Bertz CT molecular complexity index is 907. The second kappa shape index (κ2) is 6.51. The number of ether oxygens (including phenoxy) is 1. The molecule has 7 heteroatoms. The third-order valence-electron chi connectivity index (χ3n) is 4.65. The van der Waals surface area contributed by atoms with Crippen molar-refractivity contribution in [2.75, 3.05) is 13.7 Å². The predicted octanol–water partition coefficient (Wildman–Crippen LogP) is 2.50. The van der Waals surface area contributed by atoms with Gasteiger partial charge >= 0.3 is 0 Å². The molecule has 0 bridgehead atoms. The standard InChI is InChI=1S/C18H19N5O2/c1-25-16-8-3-2-6-13(16)17(24)22-11-5-4-7-14(22)15-9-10-19-18-20-12-21-23(15)18/h2-3,6,8-10,12,14H,4-5,7,11H2,1H3/t14-/m0/s1. The maximum atomic E-state index is 13.2. The van der Waals surface area contributed by atoms with Gasteiger partial charge in [0.2, 0.25) is 0 Å². The first-order chi connectivity index (χ1) is 12.3. The molecule has 0 saturated carbocycles. The Morgan fingerprint density at radius 2 is 2.08 bits per heavy atom. The molecular weight excluding hydrogens is 318 g/mol. The van der Waals surface area contributed by atoms with Gasteiger partial charge in [-0.2, -0.15) is 14.6 Å². The van der Waals surface area contributed by atoms with Crippen molar-refractivity contribution in [1.82, 2.24) is 24.5 Å². The molecule has 0 N–H and O–H groups in total.